The van der Waals surface area contributed by atoms with Gasteiger partial charge in [0.15, 0.2) is 12.4 Å². The molecular formula is C24H25F3N4O3. The van der Waals surface area contributed by atoms with Crippen molar-refractivity contribution >= 4 is 11.7 Å². The van der Waals surface area contributed by atoms with Crippen LogP contribution in [0.2, 0.25) is 0 Å². The van der Waals surface area contributed by atoms with E-state index in [9.17, 15) is 23.1 Å². The van der Waals surface area contributed by atoms with Crippen LogP contribution in [-0.4, -0.2) is 46.4 Å². The number of carbonyl (C=O) groups is 1. The number of halogens is 3. The number of amides is 1. The number of aliphatic hydroxyl groups is 1. The molecule has 1 aliphatic rings. The second-order valence-corrected chi connectivity index (χ2v) is 8.40. The van der Waals surface area contributed by atoms with Gasteiger partial charge in [0.05, 0.1) is 17.3 Å². The van der Waals surface area contributed by atoms with Gasteiger partial charge in [0.25, 0.3) is 0 Å². The van der Waals surface area contributed by atoms with Crippen molar-refractivity contribution < 1.29 is 27.8 Å². The first-order valence-electron chi connectivity index (χ1n) is 10.8. The molecule has 180 valence electrons. The normalized spacial score (nSPS) is 20.4. The number of benzene rings is 2. The van der Waals surface area contributed by atoms with Gasteiger partial charge in [0.2, 0.25) is 5.91 Å². The highest BCUT2D eigenvalue weighted by Crippen LogP contribution is 2.30. The lowest BCUT2D eigenvalue weighted by molar-refractivity contribution is -0.153. The maximum atomic E-state index is 12.8. The van der Waals surface area contributed by atoms with E-state index in [1.54, 1.807) is 29.8 Å². The summed E-state index contributed by atoms with van der Waals surface area (Å²) < 4.78 is 44.3. The van der Waals surface area contributed by atoms with E-state index in [1.165, 1.54) is 12.1 Å². The number of alkyl halides is 3. The van der Waals surface area contributed by atoms with E-state index in [0.717, 1.165) is 5.56 Å². The number of hydrogen-bond acceptors (Lipinski definition) is 5. The third-order valence-electron chi connectivity index (χ3n) is 5.79. The fourth-order valence-corrected chi connectivity index (χ4v) is 3.83. The van der Waals surface area contributed by atoms with E-state index < -0.39 is 24.9 Å². The molecule has 10 heteroatoms. The van der Waals surface area contributed by atoms with Crippen molar-refractivity contribution in [2.24, 2.45) is 11.8 Å². The second-order valence-electron chi connectivity index (χ2n) is 8.40. The largest absolute Gasteiger partial charge is 0.484 e. The molecule has 1 unspecified atom stereocenters. The summed E-state index contributed by atoms with van der Waals surface area (Å²) in [7, 11) is 0. The number of aliphatic hydroxyl groups excluding tert-OH is 1. The number of rotatable bonds is 6. The monoisotopic (exact) mass is 474 g/mol. The molecule has 3 N–H and O–H groups in total. The number of nitrogens with zero attached hydrogens (tertiary/aromatic N) is 2. The number of hydrogen-bond donors (Lipinski definition) is 3. The minimum atomic E-state index is -4.45. The van der Waals surface area contributed by atoms with Crippen LogP contribution in [0.4, 0.5) is 19.0 Å². The lowest BCUT2D eigenvalue weighted by atomic mass is 9.96. The number of ether oxygens (including phenoxy) is 1. The summed E-state index contributed by atoms with van der Waals surface area (Å²) in [5, 5.41) is 20.1. The number of aryl methyl sites for hydroxylation is 1. The Morgan fingerprint density at radius 3 is 2.62 bits per heavy atom. The summed E-state index contributed by atoms with van der Waals surface area (Å²) in [6.45, 7) is 2.69. The topological polar surface area (TPSA) is 88.4 Å². The van der Waals surface area contributed by atoms with Crippen LogP contribution in [0.25, 0.3) is 16.9 Å². The highest BCUT2D eigenvalue weighted by Gasteiger charge is 2.36. The van der Waals surface area contributed by atoms with Crippen molar-refractivity contribution in [1.82, 2.24) is 15.1 Å². The van der Waals surface area contributed by atoms with Gasteiger partial charge in [0, 0.05) is 24.1 Å². The Balaban J connectivity index is 1.66. The van der Waals surface area contributed by atoms with E-state index in [0.29, 0.717) is 23.5 Å². The average molecular weight is 474 g/mol. The minimum Gasteiger partial charge on any atom is -0.484 e. The van der Waals surface area contributed by atoms with Crippen molar-refractivity contribution in [2.45, 2.75) is 26.3 Å². The van der Waals surface area contributed by atoms with Gasteiger partial charge in [-0.05, 0) is 31.2 Å². The molecule has 0 saturated carbocycles. The molecule has 1 saturated heterocycles. The zero-order valence-corrected chi connectivity index (χ0v) is 18.6. The molecule has 1 amide bonds. The Kier molecular flexibility index (Phi) is 6.63. The van der Waals surface area contributed by atoms with Gasteiger partial charge in [-0.3, -0.25) is 10.1 Å². The van der Waals surface area contributed by atoms with Gasteiger partial charge >= 0.3 is 6.18 Å². The lowest BCUT2D eigenvalue weighted by Gasteiger charge is -2.14. The molecule has 3 atom stereocenters. The number of carbonyl (C=O) groups excluding carboxylic acids is 1. The van der Waals surface area contributed by atoms with E-state index >= 15 is 0 Å². The van der Waals surface area contributed by atoms with Gasteiger partial charge in [-0.15, -0.1) is 5.10 Å². The smallest absolute Gasteiger partial charge is 0.422 e. The van der Waals surface area contributed by atoms with E-state index in [2.05, 4.69) is 15.7 Å². The maximum Gasteiger partial charge on any atom is 0.422 e. The van der Waals surface area contributed by atoms with Crippen LogP contribution in [-0.2, 0) is 4.79 Å². The molecule has 1 aromatic heterocycles. The highest BCUT2D eigenvalue weighted by molar-refractivity contribution is 5.93. The van der Waals surface area contributed by atoms with E-state index in [4.69, 9.17) is 4.74 Å². The summed E-state index contributed by atoms with van der Waals surface area (Å²) in [5.74, 6) is -0.616. The van der Waals surface area contributed by atoms with Gasteiger partial charge < -0.3 is 15.2 Å². The first kappa shape index (κ1) is 23.8. The maximum absolute atomic E-state index is 12.8. The third-order valence-corrected chi connectivity index (χ3v) is 5.79. The fraction of sp³-hybridized carbons (Fsp3) is 0.333. The molecule has 0 radical (unpaired) electrons. The van der Waals surface area contributed by atoms with Crippen molar-refractivity contribution in [2.75, 3.05) is 18.5 Å². The van der Waals surface area contributed by atoms with Crippen LogP contribution in [0.1, 0.15) is 12.5 Å². The molecule has 1 aliphatic heterocycles. The van der Waals surface area contributed by atoms with Crippen molar-refractivity contribution in [3.63, 3.8) is 0 Å². The summed E-state index contributed by atoms with van der Waals surface area (Å²) >= 11 is 0. The summed E-state index contributed by atoms with van der Waals surface area (Å²) in [5.41, 5.74) is 2.90. The number of aromatic nitrogens is 2. The third kappa shape index (κ3) is 5.40. The van der Waals surface area contributed by atoms with Crippen molar-refractivity contribution in [1.29, 1.82) is 0 Å². The summed E-state index contributed by atoms with van der Waals surface area (Å²) in [6, 6.07) is 15.5. The van der Waals surface area contributed by atoms with Crippen LogP contribution < -0.4 is 15.4 Å². The van der Waals surface area contributed by atoms with Gasteiger partial charge in [-0.1, -0.05) is 36.8 Å². The first-order valence-corrected chi connectivity index (χ1v) is 10.8. The van der Waals surface area contributed by atoms with E-state index in [-0.39, 0.29) is 23.4 Å². The minimum absolute atomic E-state index is 0.0666. The van der Waals surface area contributed by atoms with Crippen molar-refractivity contribution in [3.05, 3.63) is 60.2 Å². The summed E-state index contributed by atoms with van der Waals surface area (Å²) in [6.07, 6.45) is -5.20. The molecule has 0 spiro atoms. The average Bonchev–Trinajstić information content (AvgIpc) is 3.36. The predicted octanol–water partition coefficient (Wildman–Crippen LogP) is 3.90. The van der Waals surface area contributed by atoms with Crippen LogP contribution >= 0.6 is 0 Å². The lowest BCUT2D eigenvalue weighted by Crippen LogP contribution is -2.29. The Hall–Kier alpha value is -3.37. The van der Waals surface area contributed by atoms with Crippen LogP contribution in [0.3, 0.4) is 0 Å². The van der Waals surface area contributed by atoms with Crippen LogP contribution in [0.15, 0.2) is 54.6 Å². The highest BCUT2D eigenvalue weighted by atomic mass is 19.4. The molecule has 2 aromatic carbocycles. The zero-order chi connectivity index (χ0) is 24.5. The fourth-order valence-electron chi connectivity index (χ4n) is 3.83. The van der Waals surface area contributed by atoms with Gasteiger partial charge in [-0.2, -0.15) is 13.2 Å². The molecule has 7 nitrogen and oxygen atoms in total. The predicted molar refractivity (Wildman–Crippen MR) is 121 cm³/mol. The molecule has 34 heavy (non-hydrogen) atoms. The molecule has 2 heterocycles. The Labute approximate surface area is 194 Å². The molecule has 0 bridgehead atoms. The molecular weight excluding hydrogens is 449 g/mol. The molecule has 0 aliphatic carbocycles. The Morgan fingerprint density at radius 1 is 1.24 bits per heavy atom. The van der Waals surface area contributed by atoms with E-state index in [1.807, 2.05) is 31.2 Å². The van der Waals surface area contributed by atoms with Gasteiger partial charge in [0.1, 0.15) is 12.0 Å². The Bertz CT molecular complexity index is 1160. The molecule has 3 aromatic rings. The standard InChI is InChI=1S/C24H25F3N4O3/c1-14-6-8-17(9-7-14)31-20(16-4-3-5-18(10-16)34-13-24(25,26)27)11-21(30-31)29-23(33)19-12-28-22(32)15(19)2/h3-11,15,19,22,28,32H,12-13H2,1-2H3,(H,29,30,33)/t15-,19+,22?/m1/s1. The van der Waals surface area contributed by atoms with Crippen molar-refractivity contribution in [3.8, 4) is 22.7 Å². The Morgan fingerprint density at radius 2 is 1.97 bits per heavy atom. The number of nitrogens with one attached hydrogen (secondary N) is 2. The second kappa shape index (κ2) is 9.47. The molecule has 4 rings (SSSR count). The number of anilines is 1. The first-order chi connectivity index (χ1) is 16.1. The zero-order valence-electron chi connectivity index (χ0n) is 18.6. The van der Waals surface area contributed by atoms with Gasteiger partial charge in [-0.25, -0.2) is 4.68 Å². The SMILES string of the molecule is Cc1ccc(-n2nc(NC(=O)[C@H]3CNC(O)[C@@H]3C)cc2-c2cccc(OCC(F)(F)F)c2)cc1. The summed E-state index contributed by atoms with van der Waals surface area (Å²) in [4.78, 5) is 12.8. The van der Waals surface area contributed by atoms with Crippen LogP contribution in [0.5, 0.6) is 5.75 Å². The quantitative estimate of drug-likeness (QED) is 0.504. The molecule has 1 fully saturated rings. The van der Waals surface area contributed by atoms with Crippen LogP contribution in [0, 0.1) is 18.8 Å².